The summed E-state index contributed by atoms with van der Waals surface area (Å²) in [6.07, 6.45) is 1.57. The maximum absolute atomic E-state index is 12.8. The summed E-state index contributed by atoms with van der Waals surface area (Å²) in [7, 11) is 0. The second-order valence-electron chi connectivity index (χ2n) is 6.15. The Labute approximate surface area is 160 Å². The first-order valence-electron chi connectivity index (χ1n) is 8.03. The number of carbonyl (C=O) groups excluding carboxylic acids is 2. The number of nitriles is 1. The minimum Gasteiger partial charge on any atom is -0.383 e. The molecule has 1 aromatic rings. The topological polar surface area (TPSA) is 99.2 Å². The van der Waals surface area contributed by atoms with Crippen molar-refractivity contribution in [2.45, 2.75) is 32.1 Å². The molecule has 1 aliphatic heterocycles. The lowest BCUT2D eigenvalue weighted by molar-refractivity contribution is -0.123. The standard InChI is InChI=1S/C18H16Cl2N4O2/c1-9(25)23-24-14-3-2-4-15(26)17(14)16(12(8-21)18(24)22)11-6-5-10(19)7-13(11)20/h5-7,16H,2-4,22H2,1H3,(H,23,25). The lowest BCUT2D eigenvalue weighted by Gasteiger charge is -2.39. The molecule has 0 bridgehead atoms. The van der Waals surface area contributed by atoms with Gasteiger partial charge in [0, 0.05) is 34.7 Å². The molecule has 0 saturated heterocycles. The Bertz CT molecular complexity index is 914. The van der Waals surface area contributed by atoms with E-state index in [2.05, 4.69) is 11.5 Å². The van der Waals surface area contributed by atoms with Gasteiger partial charge in [-0.15, -0.1) is 0 Å². The molecule has 0 radical (unpaired) electrons. The number of nitrogens with one attached hydrogen (secondary N) is 1. The second-order valence-corrected chi connectivity index (χ2v) is 6.99. The molecule has 26 heavy (non-hydrogen) atoms. The average molecular weight is 391 g/mol. The number of rotatable bonds is 2. The molecule has 8 heteroatoms. The number of nitrogens with zero attached hydrogens (tertiary/aromatic N) is 2. The molecule has 1 aliphatic carbocycles. The van der Waals surface area contributed by atoms with Crippen LogP contribution in [0, 0.1) is 11.3 Å². The van der Waals surface area contributed by atoms with Crippen LogP contribution in [0.25, 0.3) is 0 Å². The number of nitrogens with two attached hydrogens (primary N) is 1. The van der Waals surface area contributed by atoms with E-state index in [1.54, 1.807) is 18.2 Å². The normalized spacial score (nSPS) is 20.0. The number of benzene rings is 1. The third-order valence-electron chi connectivity index (χ3n) is 4.46. The van der Waals surface area contributed by atoms with E-state index in [0.29, 0.717) is 46.1 Å². The maximum atomic E-state index is 12.8. The highest BCUT2D eigenvalue weighted by Gasteiger charge is 2.40. The van der Waals surface area contributed by atoms with Crippen molar-refractivity contribution in [2.24, 2.45) is 5.73 Å². The zero-order valence-electron chi connectivity index (χ0n) is 14.0. The van der Waals surface area contributed by atoms with Crippen LogP contribution in [-0.2, 0) is 9.59 Å². The number of Topliss-reactive ketones (excluding diaryl/α,β-unsaturated/α-hetero) is 1. The van der Waals surface area contributed by atoms with Crippen molar-refractivity contribution in [1.82, 2.24) is 10.4 Å². The van der Waals surface area contributed by atoms with Gasteiger partial charge in [-0.3, -0.25) is 15.0 Å². The Morgan fingerprint density at radius 3 is 2.73 bits per heavy atom. The van der Waals surface area contributed by atoms with Crippen LogP contribution in [0.2, 0.25) is 10.0 Å². The van der Waals surface area contributed by atoms with E-state index in [1.165, 1.54) is 11.9 Å². The van der Waals surface area contributed by atoms with Crippen molar-refractivity contribution in [3.8, 4) is 6.07 Å². The van der Waals surface area contributed by atoms with Gasteiger partial charge in [-0.25, -0.2) is 5.01 Å². The van der Waals surface area contributed by atoms with Crippen LogP contribution in [0.5, 0.6) is 0 Å². The summed E-state index contributed by atoms with van der Waals surface area (Å²) in [6, 6.07) is 7.00. The van der Waals surface area contributed by atoms with Crippen molar-refractivity contribution in [3.05, 3.63) is 56.5 Å². The summed E-state index contributed by atoms with van der Waals surface area (Å²) < 4.78 is 0. The van der Waals surface area contributed by atoms with Gasteiger partial charge in [-0.1, -0.05) is 29.3 Å². The lowest BCUT2D eigenvalue weighted by atomic mass is 9.76. The second kappa shape index (κ2) is 7.02. The van der Waals surface area contributed by atoms with Gasteiger partial charge in [0.1, 0.15) is 5.82 Å². The molecule has 2 aliphatic rings. The molecule has 0 saturated carbocycles. The largest absolute Gasteiger partial charge is 0.383 e. The summed E-state index contributed by atoms with van der Waals surface area (Å²) >= 11 is 12.3. The quantitative estimate of drug-likeness (QED) is 0.807. The van der Waals surface area contributed by atoms with Gasteiger partial charge >= 0.3 is 0 Å². The molecule has 0 aromatic heterocycles. The number of hydrazine groups is 1. The molecule has 1 amide bonds. The summed E-state index contributed by atoms with van der Waals surface area (Å²) in [5.74, 6) is -1.03. The molecule has 0 spiro atoms. The van der Waals surface area contributed by atoms with E-state index in [1.807, 2.05) is 0 Å². The van der Waals surface area contributed by atoms with Crippen LogP contribution >= 0.6 is 23.2 Å². The molecular formula is C18H16Cl2N4O2. The Morgan fingerprint density at radius 2 is 2.12 bits per heavy atom. The summed E-state index contributed by atoms with van der Waals surface area (Å²) in [6.45, 7) is 1.34. The number of hydrogen-bond donors (Lipinski definition) is 2. The summed E-state index contributed by atoms with van der Waals surface area (Å²) in [5, 5.41) is 11.9. The minimum absolute atomic E-state index is 0.0853. The van der Waals surface area contributed by atoms with Gasteiger partial charge in [0.15, 0.2) is 5.78 Å². The Hall–Kier alpha value is -2.49. The third kappa shape index (κ3) is 3.05. The smallest absolute Gasteiger partial charge is 0.235 e. The van der Waals surface area contributed by atoms with E-state index >= 15 is 0 Å². The van der Waals surface area contributed by atoms with Gasteiger partial charge in [0.05, 0.1) is 17.6 Å². The van der Waals surface area contributed by atoms with Gasteiger partial charge in [-0.2, -0.15) is 5.26 Å². The summed E-state index contributed by atoms with van der Waals surface area (Å²) in [5.41, 5.74) is 10.6. The van der Waals surface area contributed by atoms with Crippen molar-refractivity contribution in [3.63, 3.8) is 0 Å². The van der Waals surface area contributed by atoms with Crippen LogP contribution < -0.4 is 11.2 Å². The molecule has 1 aromatic carbocycles. The molecule has 1 unspecified atom stereocenters. The molecule has 1 atom stereocenters. The van der Waals surface area contributed by atoms with Gasteiger partial charge < -0.3 is 5.73 Å². The Balaban J connectivity index is 2.26. The first-order valence-corrected chi connectivity index (χ1v) is 8.79. The number of hydrogen-bond acceptors (Lipinski definition) is 5. The molecule has 0 fully saturated rings. The van der Waals surface area contributed by atoms with Crippen molar-refractivity contribution < 1.29 is 9.59 Å². The lowest BCUT2D eigenvalue weighted by Crippen LogP contribution is -2.47. The van der Waals surface area contributed by atoms with Crippen molar-refractivity contribution >= 4 is 34.9 Å². The minimum atomic E-state index is -0.683. The van der Waals surface area contributed by atoms with Crippen LogP contribution in [-0.4, -0.2) is 16.7 Å². The Kier molecular flexibility index (Phi) is 4.94. The molecule has 1 heterocycles. The highest BCUT2D eigenvalue weighted by molar-refractivity contribution is 6.35. The van der Waals surface area contributed by atoms with Crippen molar-refractivity contribution in [2.75, 3.05) is 0 Å². The monoisotopic (exact) mass is 390 g/mol. The molecule has 3 N–H and O–H groups in total. The number of amides is 1. The van der Waals surface area contributed by atoms with Crippen LogP contribution in [0.4, 0.5) is 0 Å². The predicted molar refractivity (Wildman–Crippen MR) is 97.6 cm³/mol. The van der Waals surface area contributed by atoms with Crippen LogP contribution in [0.3, 0.4) is 0 Å². The van der Waals surface area contributed by atoms with E-state index in [9.17, 15) is 14.9 Å². The van der Waals surface area contributed by atoms with Gasteiger partial charge in [0.2, 0.25) is 5.91 Å². The fourth-order valence-corrected chi connectivity index (χ4v) is 3.94. The van der Waals surface area contributed by atoms with Crippen LogP contribution in [0.1, 0.15) is 37.7 Å². The van der Waals surface area contributed by atoms with E-state index < -0.39 is 5.92 Å². The van der Waals surface area contributed by atoms with Gasteiger partial charge in [-0.05, 0) is 30.5 Å². The first-order chi connectivity index (χ1) is 12.3. The zero-order chi connectivity index (χ0) is 19.0. The molecule has 6 nitrogen and oxygen atoms in total. The third-order valence-corrected chi connectivity index (χ3v) is 5.02. The van der Waals surface area contributed by atoms with E-state index in [4.69, 9.17) is 28.9 Å². The number of ketones is 1. The molecular weight excluding hydrogens is 375 g/mol. The fraction of sp³-hybridized carbons (Fsp3) is 0.278. The highest BCUT2D eigenvalue weighted by Crippen LogP contribution is 2.46. The van der Waals surface area contributed by atoms with Crippen molar-refractivity contribution in [1.29, 1.82) is 5.26 Å². The van der Waals surface area contributed by atoms with Gasteiger partial charge in [0.25, 0.3) is 0 Å². The molecule has 134 valence electrons. The zero-order valence-corrected chi connectivity index (χ0v) is 15.5. The number of allylic oxidation sites excluding steroid dienone is 3. The molecule has 3 rings (SSSR count). The summed E-state index contributed by atoms with van der Waals surface area (Å²) in [4.78, 5) is 24.3. The highest BCUT2D eigenvalue weighted by atomic mass is 35.5. The SMILES string of the molecule is CC(=O)NN1C(N)=C(C#N)C(c2ccc(Cl)cc2Cl)C2=C1CCCC2=O. The number of halogens is 2. The van der Waals surface area contributed by atoms with Crippen LogP contribution in [0.15, 0.2) is 40.9 Å². The first kappa shape index (κ1) is 18.3. The number of carbonyl (C=O) groups is 2. The predicted octanol–water partition coefficient (Wildman–Crippen LogP) is 3.14. The Morgan fingerprint density at radius 1 is 1.38 bits per heavy atom. The van der Waals surface area contributed by atoms with E-state index in [-0.39, 0.29) is 23.1 Å². The fourth-order valence-electron chi connectivity index (χ4n) is 3.42. The maximum Gasteiger partial charge on any atom is 0.235 e. The average Bonchev–Trinajstić information content (AvgIpc) is 2.57. The van der Waals surface area contributed by atoms with E-state index in [0.717, 1.165) is 0 Å².